The van der Waals surface area contributed by atoms with Gasteiger partial charge in [0.15, 0.2) is 0 Å². The van der Waals surface area contributed by atoms with Gasteiger partial charge >= 0.3 is 0 Å². The molecule has 4 aromatic carbocycles. The average Bonchev–Trinajstić information content (AvgIpc) is 2.99. The van der Waals surface area contributed by atoms with Crippen LogP contribution in [0.4, 0.5) is 10.1 Å². The van der Waals surface area contributed by atoms with E-state index >= 15 is 0 Å². The molecule has 0 unspecified atom stereocenters. The summed E-state index contributed by atoms with van der Waals surface area (Å²) in [6.07, 6.45) is 0.218. The Morgan fingerprint density at radius 2 is 1.42 bits per heavy atom. The lowest BCUT2D eigenvalue weighted by Crippen LogP contribution is -2.56. The summed E-state index contributed by atoms with van der Waals surface area (Å²) >= 11 is 0. The number of amides is 2. The van der Waals surface area contributed by atoms with Crippen molar-refractivity contribution >= 4 is 27.5 Å². The normalized spacial score (nSPS) is 12.3. The highest BCUT2D eigenvalue weighted by atomic mass is 32.2. The van der Waals surface area contributed by atoms with Crippen molar-refractivity contribution in [2.75, 3.05) is 10.8 Å². The summed E-state index contributed by atoms with van der Waals surface area (Å²) in [6.45, 7) is 8.91. The van der Waals surface area contributed by atoms with Gasteiger partial charge in [0, 0.05) is 18.5 Å². The van der Waals surface area contributed by atoms with Crippen molar-refractivity contribution in [2.24, 2.45) is 0 Å². The largest absolute Gasteiger partial charge is 0.350 e. The lowest BCUT2D eigenvalue weighted by atomic mass is 10.00. The van der Waals surface area contributed by atoms with Crippen LogP contribution in [-0.4, -0.2) is 43.3 Å². The van der Waals surface area contributed by atoms with E-state index in [2.05, 4.69) is 5.32 Å². The van der Waals surface area contributed by atoms with Crippen molar-refractivity contribution < 1.29 is 22.4 Å². The van der Waals surface area contributed by atoms with Gasteiger partial charge in [-0.15, -0.1) is 0 Å². The minimum absolute atomic E-state index is 0.0822. The molecular formula is C36H40FN3O4S. The molecule has 1 atom stereocenters. The Hall–Kier alpha value is -4.50. The lowest BCUT2D eigenvalue weighted by Gasteiger charge is -2.35. The maximum Gasteiger partial charge on any atom is 0.264 e. The van der Waals surface area contributed by atoms with E-state index in [1.54, 1.807) is 24.3 Å². The van der Waals surface area contributed by atoms with Gasteiger partial charge in [-0.2, -0.15) is 0 Å². The number of rotatable bonds is 11. The van der Waals surface area contributed by atoms with Crippen LogP contribution in [0.2, 0.25) is 0 Å². The third-order valence-corrected chi connectivity index (χ3v) is 9.16. The number of sulfonamides is 1. The molecule has 4 rings (SSSR count). The molecule has 9 heteroatoms. The Labute approximate surface area is 265 Å². The number of carbonyl (C=O) groups excluding carboxylic acids is 2. The molecule has 0 aromatic heterocycles. The lowest BCUT2D eigenvalue weighted by molar-refractivity contribution is -0.140. The molecule has 0 saturated carbocycles. The van der Waals surface area contributed by atoms with Gasteiger partial charge in [-0.05, 0) is 87.7 Å². The van der Waals surface area contributed by atoms with Gasteiger partial charge in [-0.25, -0.2) is 12.8 Å². The van der Waals surface area contributed by atoms with Crippen LogP contribution in [0.3, 0.4) is 0 Å². The molecule has 0 radical (unpaired) electrons. The molecule has 236 valence electrons. The van der Waals surface area contributed by atoms with Crippen LogP contribution in [0.15, 0.2) is 108 Å². The first-order valence-electron chi connectivity index (χ1n) is 14.8. The third-order valence-electron chi connectivity index (χ3n) is 7.37. The minimum atomic E-state index is -4.31. The van der Waals surface area contributed by atoms with Crippen LogP contribution in [0.1, 0.15) is 43.0 Å². The second-order valence-corrected chi connectivity index (χ2v) is 14.1. The third kappa shape index (κ3) is 8.79. The number of aryl methyl sites for hydroxylation is 2. The zero-order valence-corrected chi connectivity index (χ0v) is 27.1. The number of benzene rings is 4. The number of hydrogen-bond acceptors (Lipinski definition) is 4. The highest BCUT2D eigenvalue weighted by Crippen LogP contribution is 2.26. The van der Waals surface area contributed by atoms with Crippen molar-refractivity contribution in [3.8, 4) is 0 Å². The van der Waals surface area contributed by atoms with Crippen LogP contribution >= 0.6 is 0 Å². The SMILES string of the molecule is Cc1ccc(N(CC(=O)N(Cc2ccccc2C)[C@H](Cc2ccccc2)C(=O)NC(C)(C)C)S(=O)(=O)c2ccc(F)cc2)cc1. The number of hydrogen-bond donors (Lipinski definition) is 1. The second-order valence-electron chi connectivity index (χ2n) is 12.2. The molecule has 0 aliphatic heterocycles. The summed E-state index contributed by atoms with van der Waals surface area (Å²) in [5.74, 6) is -1.49. The summed E-state index contributed by atoms with van der Waals surface area (Å²) in [6, 6.07) is 27.3. The average molecular weight is 630 g/mol. The van der Waals surface area contributed by atoms with Crippen LogP contribution in [0.5, 0.6) is 0 Å². The van der Waals surface area contributed by atoms with Crippen LogP contribution < -0.4 is 9.62 Å². The Kier molecular flexibility index (Phi) is 10.4. The molecule has 0 aliphatic rings. The molecule has 0 saturated heterocycles. The zero-order chi connectivity index (χ0) is 32.8. The van der Waals surface area contributed by atoms with Gasteiger partial charge < -0.3 is 10.2 Å². The Balaban J connectivity index is 1.82. The Morgan fingerprint density at radius 3 is 2.02 bits per heavy atom. The zero-order valence-electron chi connectivity index (χ0n) is 26.3. The number of nitrogens with one attached hydrogen (secondary N) is 1. The first-order chi connectivity index (χ1) is 21.2. The maximum atomic E-state index is 14.5. The van der Waals surface area contributed by atoms with Gasteiger partial charge in [0.05, 0.1) is 10.6 Å². The molecule has 0 fully saturated rings. The van der Waals surface area contributed by atoms with Gasteiger partial charge in [-0.3, -0.25) is 13.9 Å². The summed E-state index contributed by atoms with van der Waals surface area (Å²) in [7, 11) is -4.31. The molecule has 0 aliphatic carbocycles. The minimum Gasteiger partial charge on any atom is -0.350 e. The number of halogens is 1. The standard InChI is InChI=1S/C36H40FN3O4S/c1-26-15-19-31(20-16-26)40(45(43,44)32-21-17-30(37)18-22-32)25-34(41)39(24-29-14-10-9-11-27(29)2)33(35(42)38-36(3,4)5)23-28-12-7-6-8-13-28/h6-22,33H,23-25H2,1-5H3,(H,38,42)/t33-/m1/s1. The molecule has 0 spiro atoms. The van der Waals surface area contributed by atoms with E-state index in [0.29, 0.717) is 0 Å². The first kappa shape index (κ1) is 33.4. The molecule has 4 aromatic rings. The fourth-order valence-electron chi connectivity index (χ4n) is 4.95. The van der Waals surface area contributed by atoms with Crippen LogP contribution in [0.25, 0.3) is 0 Å². The number of anilines is 1. The van der Waals surface area contributed by atoms with Gasteiger partial charge in [0.1, 0.15) is 18.4 Å². The number of nitrogens with zero attached hydrogens (tertiary/aromatic N) is 2. The molecule has 45 heavy (non-hydrogen) atoms. The topological polar surface area (TPSA) is 86.8 Å². The fraction of sp³-hybridized carbons (Fsp3) is 0.278. The highest BCUT2D eigenvalue weighted by molar-refractivity contribution is 7.92. The van der Waals surface area contributed by atoms with E-state index in [1.807, 2.05) is 89.2 Å². The van der Waals surface area contributed by atoms with Gasteiger partial charge in [0.25, 0.3) is 10.0 Å². The second kappa shape index (κ2) is 14.1. The fourth-order valence-corrected chi connectivity index (χ4v) is 6.37. The molecule has 0 bridgehead atoms. The van der Waals surface area contributed by atoms with E-state index in [0.717, 1.165) is 38.7 Å². The van der Waals surface area contributed by atoms with Crippen molar-refractivity contribution in [1.82, 2.24) is 10.2 Å². The quantitative estimate of drug-likeness (QED) is 0.214. The maximum absolute atomic E-state index is 14.5. The monoisotopic (exact) mass is 629 g/mol. The van der Waals surface area contributed by atoms with Crippen LogP contribution in [-0.2, 0) is 32.6 Å². The Bertz CT molecular complexity index is 1720. The molecule has 0 heterocycles. The highest BCUT2D eigenvalue weighted by Gasteiger charge is 2.35. The van der Waals surface area contributed by atoms with E-state index in [9.17, 15) is 22.4 Å². The van der Waals surface area contributed by atoms with Crippen LogP contribution in [0, 0.1) is 19.7 Å². The molecule has 1 N–H and O–H groups in total. The van der Waals surface area contributed by atoms with Gasteiger partial charge in [-0.1, -0.05) is 72.3 Å². The van der Waals surface area contributed by atoms with E-state index in [-0.39, 0.29) is 29.5 Å². The summed E-state index contributed by atoms with van der Waals surface area (Å²) in [5, 5.41) is 3.03. The van der Waals surface area contributed by atoms with Gasteiger partial charge in [0.2, 0.25) is 11.8 Å². The Morgan fingerprint density at radius 1 is 0.822 bits per heavy atom. The summed E-state index contributed by atoms with van der Waals surface area (Å²) in [5.41, 5.74) is 3.21. The van der Waals surface area contributed by atoms with E-state index in [4.69, 9.17) is 0 Å². The van der Waals surface area contributed by atoms with E-state index < -0.39 is 39.9 Å². The first-order valence-corrected chi connectivity index (χ1v) is 16.2. The van der Waals surface area contributed by atoms with Crippen molar-refractivity contribution in [3.63, 3.8) is 0 Å². The molecule has 2 amide bonds. The molecular weight excluding hydrogens is 589 g/mol. The summed E-state index contributed by atoms with van der Waals surface area (Å²) in [4.78, 5) is 29.8. The number of carbonyl (C=O) groups is 2. The van der Waals surface area contributed by atoms with Crippen molar-refractivity contribution in [2.45, 2.75) is 64.1 Å². The van der Waals surface area contributed by atoms with Crippen molar-refractivity contribution in [1.29, 1.82) is 0 Å². The molecule has 7 nitrogen and oxygen atoms in total. The predicted molar refractivity (Wildman–Crippen MR) is 176 cm³/mol. The predicted octanol–water partition coefficient (Wildman–Crippen LogP) is 6.19. The summed E-state index contributed by atoms with van der Waals surface area (Å²) < 4.78 is 42.8. The van der Waals surface area contributed by atoms with Crippen molar-refractivity contribution in [3.05, 3.63) is 131 Å². The smallest absolute Gasteiger partial charge is 0.264 e. The van der Waals surface area contributed by atoms with E-state index in [1.165, 1.54) is 17.0 Å².